The number of H-pyrrole nitrogens is 1. The Bertz CT molecular complexity index is 1290. The van der Waals surface area contributed by atoms with Gasteiger partial charge in [0, 0.05) is 19.7 Å². The highest BCUT2D eigenvalue weighted by atomic mass is 19.1. The number of fused-ring (bicyclic) bond motifs is 1. The Morgan fingerprint density at radius 3 is 2.64 bits per heavy atom. The first-order valence-corrected chi connectivity index (χ1v) is 9.98. The highest BCUT2D eigenvalue weighted by Gasteiger charge is 2.54. The Hall–Kier alpha value is -3.86. The van der Waals surface area contributed by atoms with E-state index in [4.69, 9.17) is 0 Å². The molecule has 1 aliphatic rings. The van der Waals surface area contributed by atoms with Gasteiger partial charge in [-0.1, -0.05) is 12.1 Å². The summed E-state index contributed by atoms with van der Waals surface area (Å²) in [5.41, 5.74) is -1.55. The van der Waals surface area contributed by atoms with Gasteiger partial charge in [0.1, 0.15) is 0 Å². The van der Waals surface area contributed by atoms with Crippen molar-refractivity contribution in [1.29, 1.82) is 0 Å². The third kappa shape index (κ3) is 3.32. The van der Waals surface area contributed by atoms with E-state index in [2.05, 4.69) is 4.98 Å². The Balaban J connectivity index is 1.74. The van der Waals surface area contributed by atoms with E-state index in [1.165, 1.54) is 54.4 Å². The minimum absolute atomic E-state index is 0.0408. The molecule has 0 saturated carbocycles. The minimum atomic E-state index is -1.56. The van der Waals surface area contributed by atoms with Gasteiger partial charge in [-0.2, -0.15) is 4.39 Å². The van der Waals surface area contributed by atoms with Crippen molar-refractivity contribution < 1.29 is 28.4 Å². The number of likely N-dealkylation sites (N-methyl/N-ethyl adjacent to an activating group) is 2. The largest absolute Gasteiger partial charge is 0.505 e. The summed E-state index contributed by atoms with van der Waals surface area (Å²) in [7, 11) is 2.93. The number of aromatic nitrogens is 1. The third-order valence-corrected chi connectivity index (χ3v) is 6.42. The van der Waals surface area contributed by atoms with Crippen LogP contribution in [0.3, 0.4) is 0 Å². The lowest BCUT2D eigenvalue weighted by atomic mass is 9.97. The average Bonchev–Trinajstić information content (AvgIpc) is 3.25. The number of carbonyl (C=O) groups is 2. The number of aldehydes is 1. The van der Waals surface area contributed by atoms with Crippen LogP contribution in [-0.4, -0.2) is 62.8 Å². The number of aromatic hydroxyl groups is 1. The van der Waals surface area contributed by atoms with Crippen LogP contribution in [0.5, 0.6) is 5.75 Å². The number of nitrogens with one attached hydrogen (secondary N) is 1. The monoisotopic (exact) mass is 458 g/mol. The van der Waals surface area contributed by atoms with Crippen molar-refractivity contribution in [3.05, 3.63) is 69.4 Å². The fourth-order valence-corrected chi connectivity index (χ4v) is 4.54. The lowest BCUT2D eigenvalue weighted by molar-refractivity contribution is -0.385. The van der Waals surface area contributed by atoms with Gasteiger partial charge in [-0.15, -0.1) is 0 Å². The van der Waals surface area contributed by atoms with Crippen molar-refractivity contribution in [3.8, 4) is 5.75 Å². The number of nitrogens with zero attached hydrogens (tertiary/aromatic N) is 3. The zero-order valence-electron chi connectivity index (χ0n) is 17.7. The summed E-state index contributed by atoms with van der Waals surface area (Å²) in [6.07, 6.45) is 1.72. The van der Waals surface area contributed by atoms with Crippen LogP contribution < -0.4 is 0 Å². The maximum absolute atomic E-state index is 14.5. The highest BCUT2D eigenvalue weighted by molar-refractivity contribution is 5.94. The predicted octanol–water partition coefficient (Wildman–Crippen LogP) is 2.51. The van der Waals surface area contributed by atoms with E-state index in [1.807, 2.05) is 0 Å². The van der Waals surface area contributed by atoms with E-state index in [-0.39, 0.29) is 23.8 Å². The molecule has 2 atom stereocenters. The number of nitro groups is 1. The van der Waals surface area contributed by atoms with Crippen molar-refractivity contribution in [3.63, 3.8) is 0 Å². The smallest absolute Gasteiger partial charge is 0.314 e. The first-order valence-electron chi connectivity index (χ1n) is 9.98. The number of phenolic OH excluding ortho intramolecular Hbond substituents is 1. The number of phenols is 1. The number of carbonyl (C=O) groups excluding carboxylic acids is 2. The maximum atomic E-state index is 14.5. The summed E-state index contributed by atoms with van der Waals surface area (Å²) in [6.45, 7) is 0. The molecule has 0 aliphatic carbocycles. The highest BCUT2D eigenvalue weighted by Crippen LogP contribution is 2.37. The van der Waals surface area contributed by atoms with Crippen LogP contribution in [0.2, 0.25) is 0 Å². The van der Waals surface area contributed by atoms with Crippen LogP contribution in [0.1, 0.15) is 11.1 Å². The lowest BCUT2D eigenvalue weighted by Crippen LogP contribution is -2.55. The van der Waals surface area contributed by atoms with Gasteiger partial charge in [-0.25, -0.2) is 4.39 Å². The van der Waals surface area contributed by atoms with Gasteiger partial charge in [0.2, 0.25) is 11.7 Å². The Morgan fingerprint density at radius 1 is 1.24 bits per heavy atom. The van der Waals surface area contributed by atoms with Gasteiger partial charge in [0.15, 0.2) is 23.5 Å². The summed E-state index contributed by atoms with van der Waals surface area (Å²) in [5.74, 6) is -2.93. The second kappa shape index (κ2) is 7.93. The van der Waals surface area contributed by atoms with E-state index >= 15 is 0 Å². The summed E-state index contributed by atoms with van der Waals surface area (Å²) in [6, 6.07) is 5.44. The molecule has 1 amide bonds. The van der Waals surface area contributed by atoms with Crippen LogP contribution in [-0.2, 0) is 22.4 Å². The lowest BCUT2D eigenvalue weighted by Gasteiger charge is -2.36. The van der Waals surface area contributed by atoms with Crippen molar-refractivity contribution in [1.82, 2.24) is 14.8 Å². The molecule has 0 spiro atoms. The SMILES string of the molecule is CN1C(=O)C(Cc2c[nH]c3ccc(F)c([N+](=O)[O-])c23)N(C)C1(C=O)Cc1cccc(O)c1F. The molecule has 11 heteroatoms. The summed E-state index contributed by atoms with van der Waals surface area (Å²) in [4.78, 5) is 41.6. The van der Waals surface area contributed by atoms with Gasteiger partial charge in [-0.05, 0) is 42.8 Å². The molecule has 9 nitrogen and oxygen atoms in total. The van der Waals surface area contributed by atoms with Gasteiger partial charge in [-0.3, -0.25) is 24.6 Å². The van der Waals surface area contributed by atoms with Crippen LogP contribution in [0.4, 0.5) is 14.5 Å². The van der Waals surface area contributed by atoms with Crippen LogP contribution in [0.25, 0.3) is 10.9 Å². The average molecular weight is 458 g/mol. The zero-order valence-corrected chi connectivity index (χ0v) is 17.7. The Morgan fingerprint density at radius 2 is 1.97 bits per heavy atom. The number of halogens is 2. The van der Waals surface area contributed by atoms with Gasteiger partial charge >= 0.3 is 5.69 Å². The van der Waals surface area contributed by atoms with Crippen molar-refractivity contribution in [2.45, 2.75) is 24.5 Å². The molecule has 172 valence electrons. The quantitative estimate of drug-likeness (QED) is 0.333. The maximum Gasteiger partial charge on any atom is 0.314 e. The fraction of sp³-hybridized carbons (Fsp3) is 0.273. The van der Waals surface area contributed by atoms with E-state index in [9.17, 15) is 33.6 Å². The first-order chi connectivity index (χ1) is 15.6. The molecule has 1 saturated heterocycles. The number of aromatic amines is 1. The molecule has 1 aromatic heterocycles. The van der Waals surface area contributed by atoms with E-state index in [1.54, 1.807) is 0 Å². The van der Waals surface area contributed by atoms with Crippen molar-refractivity contribution >= 4 is 28.8 Å². The summed E-state index contributed by atoms with van der Waals surface area (Å²) >= 11 is 0. The molecule has 1 aliphatic heterocycles. The van der Waals surface area contributed by atoms with E-state index < -0.39 is 45.6 Å². The van der Waals surface area contributed by atoms with Crippen molar-refractivity contribution in [2.75, 3.05) is 14.1 Å². The van der Waals surface area contributed by atoms with Gasteiger partial charge in [0.05, 0.1) is 21.9 Å². The molecule has 2 heterocycles. The molecule has 4 rings (SSSR count). The first kappa shape index (κ1) is 22.3. The molecule has 1 fully saturated rings. The molecule has 33 heavy (non-hydrogen) atoms. The second-order valence-corrected chi connectivity index (χ2v) is 8.04. The topological polar surface area (TPSA) is 120 Å². The zero-order chi connectivity index (χ0) is 24.1. The van der Waals surface area contributed by atoms with E-state index in [0.29, 0.717) is 17.4 Å². The van der Waals surface area contributed by atoms with Crippen molar-refractivity contribution in [2.24, 2.45) is 0 Å². The molecule has 0 radical (unpaired) electrons. The summed E-state index contributed by atoms with van der Waals surface area (Å²) in [5, 5.41) is 21.2. The van der Waals surface area contributed by atoms with Crippen LogP contribution >= 0.6 is 0 Å². The number of hydrogen-bond acceptors (Lipinski definition) is 6. The molecule has 0 bridgehead atoms. The van der Waals surface area contributed by atoms with Gasteiger partial charge < -0.3 is 15.0 Å². The van der Waals surface area contributed by atoms with E-state index in [0.717, 1.165) is 6.07 Å². The second-order valence-electron chi connectivity index (χ2n) is 8.04. The number of benzene rings is 2. The molecular formula is C22H20F2N4O5. The number of nitro benzene ring substituents is 1. The standard InChI is InChI=1S/C22H20F2N4O5/c1-26-16(8-13-10-25-15-7-6-14(23)20(18(13)15)28(32)33)21(31)27(2)22(26,11-29)9-12-4-3-5-17(30)19(12)24/h3-7,10-11,16,25,30H,8-9H2,1-2H3. The van der Waals surface area contributed by atoms with Gasteiger partial charge in [0.25, 0.3) is 0 Å². The molecule has 3 aromatic rings. The normalized spacial score (nSPS) is 21.2. The molecule has 2 N–H and O–H groups in total. The molecular weight excluding hydrogens is 438 g/mol. The van der Waals surface area contributed by atoms with Crippen LogP contribution in [0.15, 0.2) is 36.5 Å². The Labute approximate surface area is 186 Å². The minimum Gasteiger partial charge on any atom is -0.505 e. The third-order valence-electron chi connectivity index (χ3n) is 6.42. The summed E-state index contributed by atoms with van der Waals surface area (Å²) < 4.78 is 28.7. The Kier molecular flexibility index (Phi) is 5.36. The molecule has 2 unspecified atom stereocenters. The predicted molar refractivity (Wildman–Crippen MR) is 113 cm³/mol. The van der Waals surface area contributed by atoms with Crippen LogP contribution in [0, 0.1) is 21.7 Å². The molecule has 2 aromatic carbocycles. The number of amides is 1. The fourth-order valence-electron chi connectivity index (χ4n) is 4.54. The number of hydrogen-bond donors (Lipinski definition) is 2. The number of rotatable bonds is 6.